The first-order valence-electron chi connectivity index (χ1n) is 9.61. The van der Waals surface area contributed by atoms with E-state index in [2.05, 4.69) is 23.7 Å². The molecule has 3 rings (SSSR count). The number of amides is 1. The van der Waals surface area contributed by atoms with Crippen LogP contribution in [0.4, 0.5) is 4.39 Å². The molecule has 1 N–H and O–H groups in total. The van der Waals surface area contributed by atoms with Crippen LogP contribution in [0.15, 0.2) is 40.6 Å². The number of nitrogens with one attached hydrogen (secondary N) is 1. The van der Waals surface area contributed by atoms with E-state index in [1.165, 1.54) is 17.7 Å². The number of halogens is 2. The molecule has 1 aliphatic heterocycles. The van der Waals surface area contributed by atoms with Crippen LogP contribution in [0.5, 0.6) is 0 Å². The molecule has 150 valence electrons. The van der Waals surface area contributed by atoms with Crippen molar-refractivity contribution in [3.63, 3.8) is 0 Å². The van der Waals surface area contributed by atoms with Crippen LogP contribution in [0.25, 0.3) is 10.9 Å². The van der Waals surface area contributed by atoms with Crippen molar-refractivity contribution in [1.29, 1.82) is 0 Å². The number of carbonyl (C=O) groups excluding carboxylic acids is 1. The van der Waals surface area contributed by atoms with Gasteiger partial charge in [-0.25, -0.2) is 4.39 Å². The Hall–Kier alpha value is -2.27. The summed E-state index contributed by atoms with van der Waals surface area (Å²) < 4.78 is 13.7. The van der Waals surface area contributed by atoms with Gasteiger partial charge in [0.15, 0.2) is 0 Å². The van der Waals surface area contributed by atoms with Crippen LogP contribution in [0.1, 0.15) is 32.0 Å². The number of aromatic amines is 1. The van der Waals surface area contributed by atoms with E-state index in [1.807, 2.05) is 24.8 Å². The second-order valence-corrected chi connectivity index (χ2v) is 7.86. The van der Waals surface area contributed by atoms with Crippen LogP contribution in [0.3, 0.4) is 0 Å². The van der Waals surface area contributed by atoms with Crippen molar-refractivity contribution in [2.24, 2.45) is 0 Å². The van der Waals surface area contributed by atoms with Gasteiger partial charge in [0.2, 0.25) is 5.91 Å². The minimum atomic E-state index is -0.288. The van der Waals surface area contributed by atoms with Crippen molar-refractivity contribution >= 4 is 28.4 Å². The number of aryl methyl sites for hydroxylation is 1. The number of H-pyrrole nitrogens is 1. The minimum Gasteiger partial charge on any atom is -0.367 e. The highest BCUT2D eigenvalue weighted by Gasteiger charge is 2.25. The molecular weight excluding hydrogens is 377 g/mol. The Morgan fingerprint density at radius 2 is 1.86 bits per heavy atom. The average molecular weight is 404 g/mol. The zero-order valence-corrected chi connectivity index (χ0v) is 17.7. The van der Waals surface area contributed by atoms with Gasteiger partial charge in [0.25, 0.3) is 0 Å². The van der Waals surface area contributed by atoms with Gasteiger partial charge in [0, 0.05) is 42.8 Å². The van der Waals surface area contributed by atoms with E-state index < -0.39 is 0 Å². The van der Waals surface area contributed by atoms with Crippen molar-refractivity contribution < 1.29 is 9.18 Å². The molecule has 0 aliphatic carbocycles. The topological polar surface area (TPSA) is 39.3 Å². The average Bonchev–Trinajstić information content (AvgIpc) is 2.96. The smallest absolute Gasteiger partial charge is 0.227 e. The maximum atomic E-state index is 13.7. The van der Waals surface area contributed by atoms with Gasteiger partial charge in [-0.1, -0.05) is 23.3 Å². The van der Waals surface area contributed by atoms with Crippen molar-refractivity contribution in [3.8, 4) is 0 Å². The van der Waals surface area contributed by atoms with Gasteiger partial charge in [-0.3, -0.25) is 4.79 Å². The van der Waals surface area contributed by atoms with Crippen LogP contribution in [0.2, 0.25) is 0 Å². The van der Waals surface area contributed by atoms with Crippen LogP contribution in [0, 0.1) is 12.7 Å². The molecule has 0 spiro atoms. The number of piperazine rings is 1. The van der Waals surface area contributed by atoms with E-state index >= 15 is 0 Å². The summed E-state index contributed by atoms with van der Waals surface area (Å²) in [6.45, 7) is 10.8. The fourth-order valence-electron chi connectivity index (χ4n) is 3.87. The molecular formula is C22H27ClFN3O. The Balaban J connectivity index is 1.71. The van der Waals surface area contributed by atoms with Crippen LogP contribution in [-0.2, 0) is 11.2 Å². The third-order valence-corrected chi connectivity index (χ3v) is 5.71. The van der Waals surface area contributed by atoms with Gasteiger partial charge >= 0.3 is 0 Å². The van der Waals surface area contributed by atoms with Crippen molar-refractivity contribution in [3.05, 3.63) is 57.7 Å². The Labute approximate surface area is 170 Å². The van der Waals surface area contributed by atoms with Crippen LogP contribution < -0.4 is 0 Å². The van der Waals surface area contributed by atoms with Gasteiger partial charge in [0.1, 0.15) is 5.82 Å². The molecule has 0 unspecified atom stereocenters. The molecule has 6 heteroatoms. The molecule has 0 atom stereocenters. The molecule has 1 saturated heterocycles. The summed E-state index contributed by atoms with van der Waals surface area (Å²) >= 11 is 6.39. The number of hydrogen-bond acceptors (Lipinski definition) is 2. The molecule has 0 radical (unpaired) electrons. The number of rotatable bonds is 4. The summed E-state index contributed by atoms with van der Waals surface area (Å²) in [6, 6.07) is 4.65. The second-order valence-electron chi connectivity index (χ2n) is 7.45. The molecule has 1 fully saturated rings. The number of hydrogen-bond donors (Lipinski definition) is 1. The standard InChI is InChI=1S/C22H27ClFN3O/c1-5-19(23)22(14(2)3)27-10-8-26(9-11-27)21(28)13-17-15(4)25-20-7-6-16(24)12-18(17)20/h5-7,12,25H,8-11,13H2,1-4H3/b19-5+. The first kappa shape index (κ1) is 20.5. The number of fused-ring (bicyclic) bond motifs is 1. The molecule has 1 aliphatic rings. The highest BCUT2D eigenvalue weighted by molar-refractivity contribution is 6.31. The number of benzene rings is 1. The summed E-state index contributed by atoms with van der Waals surface area (Å²) in [4.78, 5) is 20.3. The molecule has 1 aromatic carbocycles. The normalized spacial score (nSPS) is 15.3. The molecule has 2 aromatic rings. The lowest BCUT2D eigenvalue weighted by Crippen LogP contribution is -2.48. The third kappa shape index (κ3) is 4.09. The predicted octanol–water partition coefficient (Wildman–Crippen LogP) is 4.74. The predicted molar refractivity (Wildman–Crippen MR) is 113 cm³/mol. The van der Waals surface area contributed by atoms with E-state index in [1.54, 1.807) is 6.07 Å². The molecule has 0 saturated carbocycles. The van der Waals surface area contributed by atoms with Crippen molar-refractivity contribution in [2.45, 2.75) is 34.1 Å². The van der Waals surface area contributed by atoms with E-state index in [-0.39, 0.29) is 18.1 Å². The van der Waals surface area contributed by atoms with E-state index in [0.29, 0.717) is 13.1 Å². The van der Waals surface area contributed by atoms with Crippen molar-refractivity contribution in [1.82, 2.24) is 14.8 Å². The first-order valence-corrected chi connectivity index (χ1v) is 9.98. The molecule has 1 aromatic heterocycles. The van der Waals surface area contributed by atoms with Crippen LogP contribution in [-0.4, -0.2) is 46.9 Å². The Morgan fingerprint density at radius 1 is 1.21 bits per heavy atom. The van der Waals surface area contributed by atoms with Gasteiger partial charge < -0.3 is 14.8 Å². The fraction of sp³-hybridized carbons (Fsp3) is 0.409. The maximum Gasteiger partial charge on any atom is 0.227 e. The minimum absolute atomic E-state index is 0.0730. The Bertz CT molecular complexity index is 948. The number of nitrogens with zero attached hydrogens (tertiary/aromatic N) is 2. The summed E-state index contributed by atoms with van der Waals surface area (Å²) in [6.07, 6.45) is 2.18. The lowest BCUT2D eigenvalue weighted by molar-refractivity contribution is -0.131. The summed E-state index contributed by atoms with van der Waals surface area (Å²) in [5.41, 5.74) is 4.88. The lowest BCUT2D eigenvalue weighted by Gasteiger charge is -2.38. The van der Waals surface area contributed by atoms with Gasteiger partial charge in [-0.2, -0.15) is 0 Å². The van der Waals surface area contributed by atoms with E-state index in [0.717, 1.165) is 46.0 Å². The first-order chi connectivity index (χ1) is 13.3. The fourth-order valence-corrected chi connectivity index (χ4v) is 4.18. The van der Waals surface area contributed by atoms with Gasteiger partial charge in [0.05, 0.1) is 17.2 Å². The molecule has 4 nitrogen and oxygen atoms in total. The summed E-state index contributed by atoms with van der Waals surface area (Å²) in [5, 5.41) is 1.53. The summed E-state index contributed by atoms with van der Waals surface area (Å²) in [7, 11) is 0. The number of carbonyl (C=O) groups is 1. The monoisotopic (exact) mass is 403 g/mol. The van der Waals surface area contributed by atoms with Gasteiger partial charge in [-0.05, 0) is 51.5 Å². The van der Waals surface area contributed by atoms with Gasteiger partial charge in [-0.15, -0.1) is 0 Å². The SMILES string of the molecule is C/C=C(/Cl)C(=C(C)C)N1CCN(C(=O)Cc2c(C)[nH]c3ccc(F)cc23)CC1. The zero-order valence-electron chi connectivity index (χ0n) is 16.9. The molecule has 28 heavy (non-hydrogen) atoms. The molecule has 1 amide bonds. The summed E-state index contributed by atoms with van der Waals surface area (Å²) in [5.74, 6) is -0.215. The van der Waals surface area contributed by atoms with Crippen molar-refractivity contribution in [2.75, 3.05) is 26.2 Å². The lowest BCUT2D eigenvalue weighted by atomic mass is 10.1. The number of allylic oxidation sites excluding steroid dienone is 3. The van der Waals surface area contributed by atoms with Crippen LogP contribution >= 0.6 is 11.6 Å². The maximum absolute atomic E-state index is 13.7. The number of aromatic nitrogens is 1. The third-order valence-electron chi connectivity index (χ3n) is 5.31. The Kier molecular flexibility index (Phi) is 6.14. The highest BCUT2D eigenvalue weighted by Crippen LogP contribution is 2.26. The van der Waals surface area contributed by atoms with E-state index in [4.69, 9.17) is 11.6 Å². The molecule has 0 bridgehead atoms. The second kappa shape index (κ2) is 8.39. The molecule has 2 heterocycles. The van der Waals surface area contributed by atoms with E-state index in [9.17, 15) is 9.18 Å². The quantitative estimate of drug-likeness (QED) is 0.749. The highest BCUT2D eigenvalue weighted by atomic mass is 35.5. The zero-order chi connectivity index (χ0) is 20.4. The Morgan fingerprint density at radius 3 is 2.46 bits per heavy atom. The largest absolute Gasteiger partial charge is 0.367 e.